The second kappa shape index (κ2) is 3.51. The van der Waals surface area contributed by atoms with Gasteiger partial charge < -0.3 is 0 Å². The van der Waals surface area contributed by atoms with Gasteiger partial charge in [0.15, 0.2) is 0 Å². The van der Waals surface area contributed by atoms with Crippen molar-refractivity contribution in [3.8, 4) is 0 Å². The Hall–Kier alpha value is -1.64. The number of carbonyl (C=O) groups is 1. The quantitative estimate of drug-likeness (QED) is 0.583. The van der Waals surface area contributed by atoms with Crippen LogP contribution in [0.15, 0.2) is 30.6 Å². The van der Waals surface area contributed by atoms with Gasteiger partial charge in [-0.15, -0.1) is 0 Å². The first-order valence-corrected chi connectivity index (χ1v) is 3.13. The van der Waals surface area contributed by atoms with Crippen molar-refractivity contribution >= 4 is 12.0 Å². The first kappa shape index (κ1) is 7.47. The van der Waals surface area contributed by atoms with E-state index in [0.717, 1.165) is 5.56 Å². The lowest BCUT2D eigenvalue weighted by Crippen LogP contribution is -1.89. The second-order valence-electron chi connectivity index (χ2n) is 1.98. The van der Waals surface area contributed by atoms with E-state index in [1.807, 2.05) is 6.07 Å². The van der Waals surface area contributed by atoms with Crippen molar-refractivity contribution in [3.05, 3.63) is 36.2 Å². The van der Waals surface area contributed by atoms with Crippen LogP contribution in [-0.4, -0.2) is 10.9 Å². The molecule has 1 radical (unpaired) electrons. The minimum absolute atomic E-state index is 0.700. The zero-order chi connectivity index (χ0) is 8.10. The molecule has 3 nitrogen and oxygen atoms in total. The van der Waals surface area contributed by atoms with Crippen molar-refractivity contribution in [3.63, 3.8) is 0 Å². The summed E-state index contributed by atoms with van der Waals surface area (Å²) in [6.07, 6.45) is 6.03. The number of carbonyl (C=O) groups excluding carboxylic acids is 1. The fraction of sp³-hybridized carbons (Fsp3) is 0. The fourth-order valence-corrected chi connectivity index (χ4v) is 0.646. The average Bonchev–Trinajstić information content (AvgIpc) is 2.03. The van der Waals surface area contributed by atoms with E-state index in [4.69, 9.17) is 5.73 Å². The predicted molar refractivity (Wildman–Crippen MR) is 41.4 cm³/mol. The van der Waals surface area contributed by atoms with E-state index >= 15 is 0 Å². The van der Waals surface area contributed by atoms with E-state index in [1.54, 1.807) is 24.5 Å². The summed E-state index contributed by atoms with van der Waals surface area (Å²) >= 11 is 0. The summed E-state index contributed by atoms with van der Waals surface area (Å²) in [5.41, 5.74) is 7.41. The number of aromatic nitrogens is 1. The molecule has 1 rings (SSSR count). The molecule has 0 bridgehead atoms. The van der Waals surface area contributed by atoms with E-state index in [2.05, 4.69) is 4.98 Å². The Bertz CT molecular complexity index is 267. The van der Waals surface area contributed by atoms with Gasteiger partial charge in [-0.1, -0.05) is 6.07 Å². The van der Waals surface area contributed by atoms with E-state index < -0.39 is 5.91 Å². The maximum absolute atomic E-state index is 10.2. The van der Waals surface area contributed by atoms with Crippen molar-refractivity contribution in [2.75, 3.05) is 0 Å². The first-order chi connectivity index (χ1) is 5.29. The monoisotopic (exact) mass is 147 g/mol. The molecule has 11 heavy (non-hydrogen) atoms. The zero-order valence-corrected chi connectivity index (χ0v) is 5.82. The van der Waals surface area contributed by atoms with Gasteiger partial charge in [-0.25, -0.2) is 0 Å². The van der Waals surface area contributed by atoms with E-state index in [1.165, 1.54) is 6.08 Å². The molecular weight excluding hydrogens is 140 g/mol. The summed E-state index contributed by atoms with van der Waals surface area (Å²) in [7, 11) is 0. The molecule has 0 aliphatic heterocycles. The lowest BCUT2D eigenvalue weighted by atomic mass is 10.2. The van der Waals surface area contributed by atoms with Gasteiger partial charge in [0.2, 0.25) is 0 Å². The molecule has 0 aliphatic carbocycles. The van der Waals surface area contributed by atoms with Crippen LogP contribution in [0, 0.1) is 0 Å². The van der Waals surface area contributed by atoms with Crippen LogP contribution < -0.4 is 5.73 Å². The van der Waals surface area contributed by atoms with Crippen LogP contribution in [0.2, 0.25) is 0 Å². The number of hydrogen-bond donors (Lipinski definition) is 0. The van der Waals surface area contributed by atoms with Crippen molar-refractivity contribution < 1.29 is 4.79 Å². The van der Waals surface area contributed by atoms with Crippen LogP contribution in [0.25, 0.3) is 6.08 Å². The van der Waals surface area contributed by atoms with Gasteiger partial charge in [0.1, 0.15) is 0 Å². The lowest BCUT2D eigenvalue weighted by molar-refractivity contribution is -0.114. The van der Waals surface area contributed by atoms with Crippen LogP contribution in [0.5, 0.6) is 0 Å². The molecule has 0 aromatic carbocycles. The number of rotatable bonds is 2. The summed E-state index contributed by atoms with van der Waals surface area (Å²) in [4.78, 5) is 14.0. The molecule has 0 fully saturated rings. The molecule has 1 heterocycles. The zero-order valence-electron chi connectivity index (χ0n) is 5.82. The first-order valence-electron chi connectivity index (χ1n) is 3.13. The third-order valence-corrected chi connectivity index (χ3v) is 1.11. The minimum Gasteiger partial charge on any atom is -0.268 e. The average molecular weight is 147 g/mol. The molecule has 55 valence electrons. The smallest absolute Gasteiger partial charge is 0.262 e. The van der Waals surface area contributed by atoms with Crippen LogP contribution in [-0.2, 0) is 4.79 Å². The second-order valence-corrected chi connectivity index (χ2v) is 1.98. The Morgan fingerprint density at radius 1 is 1.64 bits per heavy atom. The summed E-state index contributed by atoms with van der Waals surface area (Å²) in [5, 5.41) is 0. The molecule has 0 atom stereocenters. The normalized spacial score (nSPS) is 10.2. The van der Waals surface area contributed by atoms with Crippen LogP contribution in [0.3, 0.4) is 0 Å². The fourth-order valence-electron chi connectivity index (χ4n) is 0.646. The van der Waals surface area contributed by atoms with Gasteiger partial charge in [0.25, 0.3) is 5.91 Å². The van der Waals surface area contributed by atoms with Gasteiger partial charge in [0.05, 0.1) is 0 Å². The topological polar surface area (TPSA) is 53.8 Å². The molecule has 1 N–H and O–H groups in total. The van der Waals surface area contributed by atoms with Crippen LogP contribution >= 0.6 is 0 Å². The summed E-state index contributed by atoms with van der Waals surface area (Å²) in [6.45, 7) is 0. The largest absolute Gasteiger partial charge is 0.268 e. The highest BCUT2D eigenvalue weighted by Gasteiger charge is 1.85. The van der Waals surface area contributed by atoms with Crippen molar-refractivity contribution in [2.45, 2.75) is 0 Å². The third kappa shape index (κ3) is 2.62. The summed E-state index contributed by atoms with van der Waals surface area (Å²) in [6, 6.07) is 3.58. The Labute approximate surface area is 64.6 Å². The third-order valence-electron chi connectivity index (χ3n) is 1.11. The number of nitrogens with zero attached hydrogens (tertiary/aromatic N) is 1. The molecule has 0 spiro atoms. The van der Waals surface area contributed by atoms with Crippen LogP contribution in [0.4, 0.5) is 0 Å². The van der Waals surface area contributed by atoms with Crippen LogP contribution in [0.1, 0.15) is 5.56 Å². The molecule has 1 aromatic rings. The Morgan fingerprint density at radius 2 is 2.45 bits per heavy atom. The molecule has 1 amide bonds. The van der Waals surface area contributed by atoms with Crippen molar-refractivity contribution in [1.29, 1.82) is 0 Å². The lowest BCUT2D eigenvalue weighted by Gasteiger charge is -1.87. The van der Waals surface area contributed by atoms with E-state index in [0.29, 0.717) is 0 Å². The highest BCUT2D eigenvalue weighted by molar-refractivity contribution is 5.89. The van der Waals surface area contributed by atoms with Gasteiger partial charge in [-0.2, -0.15) is 0 Å². The number of pyridine rings is 1. The molecular formula is C8H7N2O. The molecule has 0 saturated heterocycles. The summed E-state index contributed by atoms with van der Waals surface area (Å²) in [5.74, 6) is -0.700. The maximum Gasteiger partial charge on any atom is 0.262 e. The molecule has 3 heteroatoms. The predicted octanol–water partition coefficient (Wildman–Crippen LogP) is 0.904. The van der Waals surface area contributed by atoms with E-state index in [9.17, 15) is 4.79 Å². The highest BCUT2D eigenvalue weighted by Crippen LogP contribution is 1.97. The minimum atomic E-state index is -0.700. The molecule has 1 aromatic heterocycles. The Kier molecular flexibility index (Phi) is 2.38. The standard InChI is InChI=1S/C8H7N2O/c9-8(11)4-3-7-2-1-5-10-6-7/h1-6,9H. The van der Waals surface area contributed by atoms with Gasteiger partial charge in [0, 0.05) is 18.5 Å². The number of amides is 1. The molecule has 0 saturated carbocycles. The summed E-state index contributed by atoms with van der Waals surface area (Å²) < 4.78 is 0. The highest BCUT2D eigenvalue weighted by atomic mass is 16.1. The Balaban J connectivity index is 2.72. The maximum atomic E-state index is 10.2. The van der Waals surface area contributed by atoms with E-state index in [-0.39, 0.29) is 0 Å². The van der Waals surface area contributed by atoms with Gasteiger partial charge >= 0.3 is 0 Å². The van der Waals surface area contributed by atoms with Crippen molar-refractivity contribution in [1.82, 2.24) is 10.7 Å². The van der Waals surface area contributed by atoms with Crippen molar-refractivity contribution in [2.24, 2.45) is 0 Å². The number of hydrogen-bond acceptors (Lipinski definition) is 2. The Morgan fingerprint density at radius 3 is 3.00 bits per heavy atom. The number of nitrogens with one attached hydrogen (secondary N) is 1. The van der Waals surface area contributed by atoms with Gasteiger partial charge in [-0.05, 0) is 17.7 Å². The molecule has 0 aliphatic rings. The van der Waals surface area contributed by atoms with Gasteiger partial charge in [-0.3, -0.25) is 15.5 Å². The molecule has 0 unspecified atom stereocenters. The SMILES string of the molecule is [NH]C(=O)C=Cc1cccnc1.